The van der Waals surface area contributed by atoms with E-state index in [1.165, 1.54) is 11.3 Å². The van der Waals surface area contributed by atoms with Crippen molar-refractivity contribution in [1.29, 1.82) is 0 Å². The molecule has 7 heteroatoms. The average Bonchev–Trinajstić information content (AvgIpc) is 3.34. The highest BCUT2D eigenvalue weighted by Crippen LogP contribution is 2.30. The molecule has 0 spiro atoms. The van der Waals surface area contributed by atoms with Crippen molar-refractivity contribution in [3.63, 3.8) is 0 Å². The number of amides is 1. The highest BCUT2D eigenvalue weighted by Gasteiger charge is 2.20. The van der Waals surface area contributed by atoms with Gasteiger partial charge in [0.2, 0.25) is 11.0 Å². The number of carbonyl (C=O) groups excluding carboxylic acids is 1. The molecule has 0 N–H and O–H groups in total. The molecule has 0 aliphatic rings. The van der Waals surface area contributed by atoms with Gasteiger partial charge in [0, 0.05) is 17.0 Å². The highest BCUT2D eigenvalue weighted by molar-refractivity contribution is 7.18. The third-order valence-electron chi connectivity index (χ3n) is 3.92. The lowest BCUT2D eigenvalue weighted by molar-refractivity contribution is -0.118. The quantitative estimate of drug-likeness (QED) is 0.564. The minimum atomic E-state index is 0.0679. The van der Waals surface area contributed by atoms with E-state index in [9.17, 15) is 4.79 Å². The fourth-order valence-corrected chi connectivity index (χ4v) is 4.07. The van der Waals surface area contributed by atoms with E-state index in [2.05, 4.69) is 17.1 Å². The van der Waals surface area contributed by atoms with Crippen LogP contribution in [0.5, 0.6) is 5.75 Å². The van der Waals surface area contributed by atoms with Crippen molar-refractivity contribution in [3.8, 4) is 16.3 Å². The van der Waals surface area contributed by atoms with Gasteiger partial charge >= 0.3 is 0 Å². The standard InChI is InChI=1S/C19H21N3O2S2/c1-3-4-11-22(17(23)13-16-6-5-12-25-16)19-21-20-18(26-19)14-7-9-15(24-2)10-8-14/h5-10,12H,3-4,11,13H2,1-2H3. The van der Waals surface area contributed by atoms with Crippen LogP contribution in [-0.4, -0.2) is 29.8 Å². The number of anilines is 1. The van der Waals surface area contributed by atoms with Crippen molar-refractivity contribution in [2.75, 3.05) is 18.6 Å². The summed E-state index contributed by atoms with van der Waals surface area (Å²) >= 11 is 3.05. The number of carbonyl (C=O) groups is 1. The predicted octanol–water partition coefficient (Wildman–Crippen LogP) is 4.65. The Morgan fingerprint density at radius 1 is 1.19 bits per heavy atom. The van der Waals surface area contributed by atoms with E-state index in [0.717, 1.165) is 34.0 Å². The molecule has 3 aromatic rings. The minimum absolute atomic E-state index is 0.0679. The van der Waals surface area contributed by atoms with Crippen LogP contribution in [0.4, 0.5) is 5.13 Å². The van der Waals surface area contributed by atoms with Crippen molar-refractivity contribution in [3.05, 3.63) is 46.7 Å². The molecule has 1 aromatic carbocycles. The van der Waals surface area contributed by atoms with Crippen LogP contribution in [0.3, 0.4) is 0 Å². The summed E-state index contributed by atoms with van der Waals surface area (Å²) in [6.45, 7) is 2.78. The second kappa shape index (κ2) is 8.91. The van der Waals surface area contributed by atoms with Gasteiger partial charge < -0.3 is 4.74 Å². The maximum atomic E-state index is 12.8. The third-order valence-corrected chi connectivity index (χ3v) is 5.80. The number of unbranched alkanes of at least 4 members (excludes halogenated alkanes) is 1. The van der Waals surface area contributed by atoms with Crippen LogP contribution < -0.4 is 9.64 Å². The van der Waals surface area contributed by atoms with Gasteiger partial charge in [0.25, 0.3) is 0 Å². The van der Waals surface area contributed by atoms with Crippen LogP contribution in [0.25, 0.3) is 10.6 Å². The van der Waals surface area contributed by atoms with Crippen LogP contribution in [-0.2, 0) is 11.2 Å². The molecule has 0 aliphatic heterocycles. The summed E-state index contributed by atoms with van der Waals surface area (Å²) in [5, 5.41) is 12.0. The summed E-state index contributed by atoms with van der Waals surface area (Å²) in [5.74, 6) is 0.868. The van der Waals surface area contributed by atoms with Gasteiger partial charge in [-0.2, -0.15) is 0 Å². The highest BCUT2D eigenvalue weighted by atomic mass is 32.1. The molecule has 5 nitrogen and oxygen atoms in total. The number of aromatic nitrogens is 2. The lowest BCUT2D eigenvalue weighted by atomic mass is 10.2. The molecule has 0 bridgehead atoms. The Labute approximate surface area is 161 Å². The second-order valence-electron chi connectivity index (χ2n) is 5.77. The summed E-state index contributed by atoms with van der Waals surface area (Å²) in [7, 11) is 1.64. The Morgan fingerprint density at radius 2 is 2.00 bits per heavy atom. The van der Waals surface area contributed by atoms with E-state index in [1.54, 1.807) is 23.3 Å². The number of hydrogen-bond acceptors (Lipinski definition) is 6. The Hall–Kier alpha value is -2.25. The van der Waals surface area contributed by atoms with E-state index in [4.69, 9.17) is 4.74 Å². The third kappa shape index (κ3) is 4.47. The molecule has 0 radical (unpaired) electrons. The molecule has 0 fully saturated rings. The molecule has 136 valence electrons. The van der Waals surface area contributed by atoms with Gasteiger partial charge in [-0.25, -0.2) is 0 Å². The average molecular weight is 388 g/mol. The van der Waals surface area contributed by atoms with Crippen LogP contribution in [0.2, 0.25) is 0 Å². The van der Waals surface area contributed by atoms with Crippen molar-refractivity contribution < 1.29 is 9.53 Å². The number of rotatable bonds is 8. The van der Waals surface area contributed by atoms with Crippen LogP contribution in [0, 0.1) is 0 Å². The zero-order valence-electron chi connectivity index (χ0n) is 14.8. The molecule has 0 atom stereocenters. The van der Waals surface area contributed by atoms with E-state index in [-0.39, 0.29) is 5.91 Å². The van der Waals surface area contributed by atoms with E-state index in [1.807, 2.05) is 41.8 Å². The number of hydrogen-bond donors (Lipinski definition) is 0. The lowest BCUT2D eigenvalue weighted by Gasteiger charge is -2.18. The Morgan fingerprint density at radius 3 is 2.65 bits per heavy atom. The van der Waals surface area contributed by atoms with Gasteiger partial charge in [-0.1, -0.05) is 30.7 Å². The topological polar surface area (TPSA) is 55.3 Å². The number of ether oxygens (including phenoxy) is 1. The summed E-state index contributed by atoms with van der Waals surface area (Å²) < 4.78 is 5.19. The first-order valence-electron chi connectivity index (χ1n) is 8.52. The maximum absolute atomic E-state index is 12.8. The zero-order valence-corrected chi connectivity index (χ0v) is 16.5. The molecule has 0 unspecified atom stereocenters. The fourth-order valence-electron chi connectivity index (χ4n) is 2.48. The Kier molecular flexibility index (Phi) is 6.35. The van der Waals surface area contributed by atoms with Gasteiger partial charge in [-0.05, 0) is 42.1 Å². The smallest absolute Gasteiger partial charge is 0.234 e. The normalized spacial score (nSPS) is 10.7. The molecular formula is C19H21N3O2S2. The minimum Gasteiger partial charge on any atom is -0.497 e. The molecule has 2 heterocycles. The fraction of sp³-hybridized carbons (Fsp3) is 0.316. The first-order chi connectivity index (χ1) is 12.7. The molecule has 0 saturated heterocycles. The molecule has 3 rings (SSSR count). The first-order valence-corrected chi connectivity index (χ1v) is 10.2. The lowest BCUT2D eigenvalue weighted by Crippen LogP contribution is -2.33. The van der Waals surface area contributed by atoms with Crippen LogP contribution in [0.15, 0.2) is 41.8 Å². The second-order valence-corrected chi connectivity index (χ2v) is 7.76. The number of thiophene rings is 1. The molecule has 0 saturated carbocycles. The van der Waals surface area contributed by atoms with Gasteiger partial charge in [-0.3, -0.25) is 9.69 Å². The van der Waals surface area contributed by atoms with E-state index in [0.29, 0.717) is 18.1 Å². The largest absolute Gasteiger partial charge is 0.497 e. The summed E-state index contributed by atoms with van der Waals surface area (Å²) in [6, 6.07) is 11.7. The zero-order chi connectivity index (χ0) is 18.4. The summed E-state index contributed by atoms with van der Waals surface area (Å²) in [5.41, 5.74) is 0.968. The Bertz CT molecular complexity index is 829. The summed E-state index contributed by atoms with van der Waals surface area (Å²) in [6.07, 6.45) is 2.36. The summed E-state index contributed by atoms with van der Waals surface area (Å²) in [4.78, 5) is 15.6. The number of nitrogens with zero attached hydrogens (tertiary/aromatic N) is 3. The van der Waals surface area contributed by atoms with Gasteiger partial charge in [-0.15, -0.1) is 21.5 Å². The Balaban J connectivity index is 1.79. The van der Waals surface area contributed by atoms with Crippen LogP contribution in [0.1, 0.15) is 24.6 Å². The van der Waals surface area contributed by atoms with Gasteiger partial charge in [0.05, 0.1) is 13.5 Å². The van der Waals surface area contributed by atoms with Crippen molar-refractivity contribution in [2.24, 2.45) is 0 Å². The SMILES string of the molecule is CCCCN(C(=O)Cc1cccs1)c1nnc(-c2ccc(OC)cc2)s1. The molecule has 1 amide bonds. The van der Waals surface area contributed by atoms with Gasteiger partial charge in [0.15, 0.2) is 0 Å². The monoisotopic (exact) mass is 387 g/mol. The van der Waals surface area contributed by atoms with E-state index < -0.39 is 0 Å². The molecule has 26 heavy (non-hydrogen) atoms. The number of benzene rings is 1. The number of methoxy groups -OCH3 is 1. The maximum Gasteiger partial charge on any atom is 0.234 e. The predicted molar refractivity (Wildman–Crippen MR) is 107 cm³/mol. The molecule has 0 aliphatic carbocycles. The van der Waals surface area contributed by atoms with Gasteiger partial charge in [0.1, 0.15) is 10.8 Å². The molecule has 2 aromatic heterocycles. The van der Waals surface area contributed by atoms with Crippen LogP contribution >= 0.6 is 22.7 Å². The van der Waals surface area contributed by atoms with E-state index >= 15 is 0 Å². The van der Waals surface area contributed by atoms with Crippen molar-refractivity contribution >= 4 is 33.7 Å². The van der Waals surface area contributed by atoms with Crippen molar-refractivity contribution in [2.45, 2.75) is 26.2 Å². The van der Waals surface area contributed by atoms with Crippen molar-refractivity contribution in [1.82, 2.24) is 10.2 Å². The molecular weight excluding hydrogens is 366 g/mol. The first kappa shape index (κ1) is 18.5.